The topological polar surface area (TPSA) is 143 Å². The molecule has 2 aromatic rings. The zero-order valence-electron chi connectivity index (χ0n) is 24.9. The van der Waals surface area contributed by atoms with Gasteiger partial charge in [-0.05, 0) is 42.7 Å². The van der Waals surface area contributed by atoms with Gasteiger partial charge >= 0.3 is 5.97 Å². The first-order valence-electron chi connectivity index (χ1n) is 14.9. The first-order chi connectivity index (χ1) is 20.3. The summed E-state index contributed by atoms with van der Waals surface area (Å²) in [5.41, 5.74) is -5.03. The molecule has 0 radical (unpaired) electrons. The minimum Gasteiger partial charge on any atom is -0.455 e. The first-order valence-corrected chi connectivity index (χ1v) is 14.9. The summed E-state index contributed by atoms with van der Waals surface area (Å²) in [6.45, 7) is 6.59. The zero-order chi connectivity index (χ0) is 30.9. The van der Waals surface area contributed by atoms with Crippen molar-refractivity contribution >= 4 is 11.8 Å². The smallest absolute Gasteiger partial charge is 0.338 e. The van der Waals surface area contributed by atoms with Gasteiger partial charge in [-0.15, -0.1) is 0 Å². The van der Waals surface area contributed by atoms with E-state index in [-0.39, 0.29) is 37.2 Å². The molecule has 8 unspecified atom stereocenters. The van der Waals surface area contributed by atoms with Gasteiger partial charge in [-0.2, -0.15) is 0 Å². The van der Waals surface area contributed by atoms with Crippen molar-refractivity contribution in [2.45, 2.75) is 88.9 Å². The lowest BCUT2D eigenvalue weighted by Gasteiger charge is -2.67. The molecular weight excluding hydrogens is 552 g/mol. The summed E-state index contributed by atoms with van der Waals surface area (Å²) < 4.78 is 18.5. The number of ether oxygens (including phenoxy) is 3. The summed E-state index contributed by atoms with van der Waals surface area (Å²) in [5.74, 6) is -2.63. The van der Waals surface area contributed by atoms with Gasteiger partial charge in [0.05, 0.1) is 42.5 Å². The number of fused-ring (bicyclic) bond motifs is 5. The van der Waals surface area contributed by atoms with Gasteiger partial charge in [-0.3, -0.25) is 4.79 Å². The molecule has 230 valence electrons. The number of ketones is 1. The average Bonchev–Trinajstić information content (AvgIpc) is 2.98. The fraction of sp³-hybridized carbons (Fsp3) is 0.529. The second-order valence-electron chi connectivity index (χ2n) is 13.4. The zero-order valence-corrected chi connectivity index (χ0v) is 24.9. The molecule has 9 heteroatoms. The van der Waals surface area contributed by atoms with E-state index in [0.29, 0.717) is 5.57 Å². The lowest BCUT2D eigenvalue weighted by atomic mass is 9.44. The Labute approximate surface area is 251 Å². The Bertz CT molecular complexity index is 1440. The van der Waals surface area contributed by atoms with Crippen molar-refractivity contribution in [1.29, 1.82) is 0 Å². The van der Waals surface area contributed by atoms with Crippen LogP contribution in [0.1, 0.15) is 56.5 Å². The Hall–Kier alpha value is -2.92. The van der Waals surface area contributed by atoms with E-state index in [1.165, 1.54) is 0 Å². The van der Waals surface area contributed by atoms with Crippen LogP contribution in [0.15, 0.2) is 71.8 Å². The second-order valence-corrected chi connectivity index (χ2v) is 13.4. The summed E-state index contributed by atoms with van der Waals surface area (Å²) in [6, 6.07) is 17.7. The van der Waals surface area contributed by atoms with Gasteiger partial charge in [-0.25, -0.2) is 4.79 Å². The van der Waals surface area contributed by atoms with E-state index in [4.69, 9.17) is 14.2 Å². The van der Waals surface area contributed by atoms with Crippen molar-refractivity contribution in [2.75, 3.05) is 6.61 Å². The standard InChI is InChI=1S/C34H40O9/c1-19-22(35)16-34(40)29(43-30(38)21-13-9-6-10-14-21)27-32(4,28(37)26(36)25(19)31(34,2)3)23(15-24-33(27,39)18-42-24)41-17-20-11-7-5-8-12-20/h5-14,22-24,26-27,29,35-36,39-40H,15-18H2,1-4H3/t22?,23?,24?,26?,27?,29?,32-,33?,34?/m1/s1. The molecule has 2 aromatic carbocycles. The first kappa shape index (κ1) is 30.1. The number of hydrogen-bond acceptors (Lipinski definition) is 9. The quantitative estimate of drug-likeness (QED) is 0.305. The van der Waals surface area contributed by atoms with E-state index >= 15 is 0 Å². The van der Waals surface area contributed by atoms with Crippen LogP contribution in [0.5, 0.6) is 0 Å². The number of aliphatic hydroxyl groups excluding tert-OH is 2. The number of carbonyl (C=O) groups is 2. The Morgan fingerprint density at radius 3 is 2.23 bits per heavy atom. The summed E-state index contributed by atoms with van der Waals surface area (Å²) >= 11 is 0. The molecule has 0 spiro atoms. The molecule has 0 amide bonds. The van der Waals surface area contributed by atoms with Crippen LogP contribution in [0.2, 0.25) is 0 Å². The molecule has 4 N–H and O–H groups in total. The number of rotatable bonds is 5. The lowest BCUT2D eigenvalue weighted by Crippen LogP contribution is -2.81. The van der Waals surface area contributed by atoms with E-state index in [0.717, 1.165) is 5.56 Å². The highest BCUT2D eigenvalue weighted by molar-refractivity contribution is 5.94. The third kappa shape index (κ3) is 4.28. The van der Waals surface area contributed by atoms with Gasteiger partial charge in [0.25, 0.3) is 0 Å². The fourth-order valence-corrected chi connectivity index (χ4v) is 8.26. The monoisotopic (exact) mass is 592 g/mol. The number of esters is 1. The van der Waals surface area contributed by atoms with Crippen LogP contribution in [0.4, 0.5) is 0 Å². The summed E-state index contributed by atoms with van der Waals surface area (Å²) in [7, 11) is 0. The number of hydrogen-bond donors (Lipinski definition) is 4. The van der Waals surface area contributed by atoms with Crippen LogP contribution in [-0.2, 0) is 25.6 Å². The highest BCUT2D eigenvalue weighted by atomic mass is 16.6. The largest absolute Gasteiger partial charge is 0.455 e. The molecule has 1 aliphatic heterocycles. The van der Waals surface area contributed by atoms with Gasteiger partial charge in [-0.1, -0.05) is 62.4 Å². The lowest BCUT2D eigenvalue weighted by molar-refractivity contribution is -0.347. The van der Waals surface area contributed by atoms with Crippen LogP contribution < -0.4 is 0 Å². The minimum atomic E-state index is -2.00. The third-order valence-electron chi connectivity index (χ3n) is 10.9. The molecule has 4 aliphatic rings. The summed E-state index contributed by atoms with van der Waals surface area (Å²) in [6.07, 6.45) is -6.17. The predicted octanol–water partition coefficient (Wildman–Crippen LogP) is 2.74. The minimum absolute atomic E-state index is 0.146. The van der Waals surface area contributed by atoms with Crippen molar-refractivity contribution in [3.63, 3.8) is 0 Å². The van der Waals surface area contributed by atoms with Crippen molar-refractivity contribution < 1.29 is 44.2 Å². The van der Waals surface area contributed by atoms with Gasteiger partial charge in [0.1, 0.15) is 23.4 Å². The van der Waals surface area contributed by atoms with Gasteiger partial charge in [0.2, 0.25) is 0 Å². The second kappa shape index (κ2) is 10.3. The molecule has 9 atom stereocenters. The molecule has 2 bridgehead atoms. The molecule has 1 saturated heterocycles. The fourth-order valence-electron chi connectivity index (χ4n) is 8.26. The maximum Gasteiger partial charge on any atom is 0.338 e. The molecule has 6 rings (SSSR count). The van der Waals surface area contributed by atoms with E-state index in [1.54, 1.807) is 58.0 Å². The predicted molar refractivity (Wildman–Crippen MR) is 155 cm³/mol. The highest BCUT2D eigenvalue weighted by Gasteiger charge is 2.76. The average molecular weight is 593 g/mol. The normalized spacial score (nSPS) is 40.0. The number of benzene rings is 2. The Morgan fingerprint density at radius 1 is 1.00 bits per heavy atom. The highest BCUT2D eigenvalue weighted by Crippen LogP contribution is 2.63. The number of Topliss-reactive ketones (excluding diaryl/α,β-unsaturated/α-hetero) is 1. The van der Waals surface area contributed by atoms with E-state index in [1.807, 2.05) is 30.3 Å². The maximum absolute atomic E-state index is 14.7. The third-order valence-corrected chi connectivity index (χ3v) is 10.9. The van der Waals surface area contributed by atoms with Gasteiger partial charge in [0.15, 0.2) is 5.78 Å². The Balaban J connectivity index is 1.55. The molecule has 9 nitrogen and oxygen atoms in total. The van der Waals surface area contributed by atoms with Crippen LogP contribution in [0.3, 0.4) is 0 Å². The SMILES string of the molecule is CC1=C2C(O)C(=O)[C@]3(C)C(OCc4ccccc4)CC4OCC4(O)C3C(OC(=O)c3ccccc3)C(O)(CC1O)C2(C)C. The molecule has 1 heterocycles. The van der Waals surface area contributed by atoms with Crippen LogP contribution in [-0.4, -0.2) is 80.5 Å². The van der Waals surface area contributed by atoms with E-state index in [2.05, 4.69) is 0 Å². The Morgan fingerprint density at radius 2 is 1.63 bits per heavy atom. The maximum atomic E-state index is 14.7. The van der Waals surface area contributed by atoms with Crippen molar-refractivity contribution in [3.8, 4) is 0 Å². The van der Waals surface area contributed by atoms with Crippen LogP contribution in [0, 0.1) is 16.7 Å². The van der Waals surface area contributed by atoms with Crippen molar-refractivity contribution in [2.24, 2.45) is 16.7 Å². The van der Waals surface area contributed by atoms with E-state index in [9.17, 15) is 30.0 Å². The molecule has 43 heavy (non-hydrogen) atoms. The van der Waals surface area contributed by atoms with Crippen molar-refractivity contribution in [1.82, 2.24) is 0 Å². The molecule has 3 fully saturated rings. The molecule has 0 aromatic heterocycles. The summed E-state index contributed by atoms with van der Waals surface area (Å²) in [4.78, 5) is 28.4. The van der Waals surface area contributed by atoms with Crippen LogP contribution in [0.25, 0.3) is 0 Å². The van der Waals surface area contributed by atoms with Gasteiger partial charge in [0, 0.05) is 24.2 Å². The van der Waals surface area contributed by atoms with Crippen molar-refractivity contribution in [3.05, 3.63) is 82.9 Å². The molecule has 2 saturated carbocycles. The molecule has 3 aliphatic carbocycles. The molecular formula is C34H40O9. The van der Waals surface area contributed by atoms with Crippen LogP contribution >= 0.6 is 0 Å². The van der Waals surface area contributed by atoms with E-state index < -0.39 is 70.2 Å². The number of aliphatic hydroxyl groups is 4. The summed E-state index contributed by atoms with van der Waals surface area (Å²) in [5, 5.41) is 48.1. The Kier molecular flexibility index (Phi) is 7.23. The van der Waals surface area contributed by atoms with Gasteiger partial charge < -0.3 is 34.6 Å². The number of carbonyl (C=O) groups excluding carboxylic acids is 2.